The predicted molar refractivity (Wildman–Crippen MR) is 66.7 cm³/mol. The van der Waals surface area contributed by atoms with Crippen molar-refractivity contribution in [3.05, 3.63) is 29.3 Å². The van der Waals surface area contributed by atoms with Gasteiger partial charge in [-0.2, -0.15) is 0 Å². The summed E-state index contributed by atoms with van der Waals surface area (Å²) in [6, 6.07) is 5.97. The second kappa shape index (κ2) is 4.85. The Morgan fingerprint density at radius 2 is 1.88 bits per heavy atom. The van der Waals surface area contributed by atoms with Gasteiger partial charge >= 0.3 is 0 Å². The van der Waals surface area contributed by atoms with E-state index in [-0.39, 0.29) is 18.8 Å². The lowest BCUT2D eigenvalue weighted by atomic mass is 10.0. The van der Waals surface area contributed by atoms with Crippen molar-refractivity contribution in [3.63, 3.8) is 0 Å². The minimum absolute atomic E-state index is 0.0167. The van der Waals surface area contributed by atoms with E-state index < -0.39 is 0 Å². The molecule has 0 heterocycles. The highest BCUT2D eigenvalue weighted by molar-refractivity contribution is 5.56. The van der Waals surface area contributed by atoms with Crippen LogP contribution in [-0.2, 0) is 6.61 Å². The lowest BCUT2D eigenvalue weighted by Crippen LogP contribution is -2.44. The van der Waals surface area contributed by atoms with E-state index in [4.69, 9.17) is 0 Å². The van der Waals surface area contributed by atoms with E-state index in [1.807, 2.05) is 50.9 Å². The molecule has 0 bridgehead atoms. The standard InChI is InChI=1S/C13H21NO2/c1-10-5-6-12(11(7-10)8-15)14(4)13(2,3)9-16/h5-7,15-16H,8-9H2,1-4H3. The van der Waals surface area contributed by atoms with Crippen LogP contribution in [0.1, 0.15) is 25.0 Å². The van der Waals surface area contributed by atoms with Crippen molar-refractivity contribution >= 4 is 5.69 Å². The lowest BCUT2D eigenvalue weighted by molar-refractivity contribution is 0.215. The first-order chi connectivity index (χ1) is 7.42. The normalized spacial score (nSPS) is 11.6. The molecule has 0 saturated heterocycles. The summed E-state index contributed by atoms with van der Waals surface area (Å²) in [5.74, 6) is 0. The molecule has 0 aliphatic rings. The Morgan fingerprint density at radius 3 is 2.38 bits per heavy atom. The van der Waals surface area contributed by atoms with Crippen molar-refractivity contribution < 1.29 is 10.2 Å². The number of hydrogen-bond acceptors (Lipinski definition) is 3. The van der Waals surface area contributed by atoms with Crippen molar-refractivity contribution in [1.29, 1.82) is 0 Å². The Bertz CT molecular complexity index is 361. The quantitative estimate of drug-likeness (QED) is 0.816. The molecule has 90 valence electrons. The van der Waals surface area contributed by atoms with Gasteiger partial charge in [-0.25, -0.2) is 0 Å². The molecular formula is C13H21NO2. The highest BCUT2D eigenvalue weighted by atomic mass is 16.3. The number of aliphatic hydroxyl groups excluding tert-OH is 2. The molecule has 0 aromatic heterocycles. The first-order valence-electron chi connectivity index (χ1n) is 5.47. The fourth-order valence-corrected chi connectivity index (χ4v) is 1.60. The molecule has 1 aromatic carbocycles. The average Bonchev–Trinajstić information content (AvgIpc) is 2.27. The van der Waals surface area contributed by atoms with E-state index in [0.717, 1.165) is 16.8 Å². The monoisotopic (exact) mass is 223 g/mol. The molecule has 0 atom stereocenters. The smallest absolute Gasteiger partial charge is 0.0702 e. The molecule has 0 aliphatic carbocycles. The minimum atomic E-state index is -0.334. The van der Waals surface area contributed by atoms with Crippen molar-refractivity contribution in [2.75, 3.05) is 18.6 Å². The van der Waals surface area contributed by atoms with Crippen LogP contribution < -0.4 is 4.90 Å². The number of benzene rings is 1. The van der Waals surface area contributed by atoms with Crippen LogP contribution in [0.2, 0.25) is 0 Å². The number of hydrogen-bond donors (Lipinski definition) is 2. The van der Waals surface area contributed by atoms with Gasteiger partial charge in [0.05, 0.1) is 18.8 Å². The number of aryl methyl sites for hydroxylation is 1. The molecular weight excluding hydrogens is 202 g/mol. The molecule has 16 heavy (non-hydrogen) atoms. The van der Waals surface area contributed by atoms with E-state index in [0.29, 0.717) is 0 Å². The van der Waals surface area contributed by atoms with Crippen molar-refractivity contribution in [1.82, 2.24) is 0 Å². The summed E-state index contributed by atoms with van der Waals surface area (Å²) in [5, 5.41) is 18.7. The van der Waals surface area contributed by atoms with Crippen LogP contribution in [0.15, 0.2) is 18.2 Å². The summed E-state index contributed by atoms with van der Waals surface area (Å²) >= 11 is 0. The summed E-state index contributed by atoms with van der Waals surface area (Å²) in [6.45, 7) is 6.02. The maximum atomic E-state index is 9.34. The molecule has 3 nitrogen and oxygen atoms in total. The fraction of sp³-hybridized carbons (Fsp3) is 0.538. The van der Waals surface area contributed by atoms with E-state index in [9.17, 15) is 10.2 Å². The second-order valence-corrected chi connectivity index (χ2v) is 4.82. The molecule has 0 fully saturated rings. The van der Waals surface area contributed by atoms with Gasteiger partial charge in [0.25, 0.3) is 0 Å². The van der Waals surface area contributed by atoms with Crippen molar-refractivity contribution in [3.8, 4) is 0 Å². The summed E-state index contributed by atoms with van der Waals surface area (Å²) in [6.07, 6.45) is 0. The molecule has 1 rings (SSSR count). The van der Waals surface area contributed by atoms with Gasteiger partial charge < -0.3 is 15.1 Å². The number of rotatable bonds is 4. The van der Waals surface area contributed by atoms with Gasteiger partial charge in [0.1, 0.15) is 0 Å². The summed E-state index contributed by atoms with van der Waals surface area (Å²) in [4.78, 5) is 2.00. The number of aliphatic hydroxyl groups is 2. The summed E-state index contributed by atoms with van der Waals surface area (Å²) in [7, 11) is 1.93. The van der Waals surface area contributed by atoms with Crippen LogP contribution in [0.25, 0.3) is 0 Å². The number of anilines is 1. The van der Waals surface area contributed by atoms with Gasteiger partial charge in [-0.05, 0) is 26.8 Å². The van der Waals surface area contributed by atoms with Gasteiger partial charge in [0.2, 0.25) is 0 Å². The molecule has 0 unspecified atom stereocenters. The van der Waals surface area contributed by atoms with Crippen molar-refractivity contribution in [2.45, 2.75) is 32.9 Å². The highest BCUT2D eigenvalue weighted by Gasteiger charge is 2.24. The maximum Gasteiger partial charge on any atom is 0.0702 e. The van der Waals surface area contributed by atoms with Crippen LogP contribution >= 0.6 is 0 Å². The summed E-state index contributed by atoms with van der Waals surface area (Å²) < 4.78 is 0. The second-order valence-electron chi connectivity index (χ2n) is 4.82. The molecule has 2 N–H and O–H groups in total. The first kappa shape index (κ1) is 13.0. The third kappa shape index (κ3) is 2.54. The topological polar surface area (TPSA) is 43.7 Å². The summed E-state index contributed by atoms with van der Waals surface area (Å²) in [5.41, 5.74) is 2.65. The van der Waals surface area contributed by atoms with E-state index in [1.165, 1.54) is 0 Å². The van der Waals surface area contributed by atoms with E-state index >= 15 is 0 Å². The number of nitrogens with zero attached hydrogens (tertiary/aromatic N) is 1. The predicted octanol–water partition coefficient (Wildman–Crippen LogP) is 1.69. The van der Waals surface area contributed by atoms with Gasteiger partial charge in [0, 0.05) is 18.3 Å². The van der Waals surface area contributed by atoms with E-state index in [2.05, 4.69) is 0 Å². The Morgan fingerprint density at radius 1 is 1.25 bits per heavy atom. The zero-order valence-corrected chi connectivity index (χ0v) is 10.5. The first-order valence-corrected chi connectivity index (χ1v) is 5.47. The fourth-order valence-electron chi connectivity index (χ4n) is 1.60. The highest BCUT2D eigenvalue weighted by Crippen LogP contribution is 2.26. The van der Waals surface area contributed by atoms with Gasteiger partial charge in [0.15, 0.2) is 0 Å². The Kier molecular flexibility index (Phi) is 3.94. The van der Waals surface area contributed by atoms with Crippen LogP contribution in [0.3, 0.4) is 0 Å². The third-order valence-corrected chi connectivity index (χ3v) is 3.06. The molecule has 3 heteroatoms. The van der Waals surface area contributed by atoms with Crippen LogP contribution in [0, 0.1) is 6.92 Å². The Balaban J connectivity index is 3.13. The van der Waals surface area contributed by atoms with Gasteiger partial charge in [-0.1, -0.05) is 17.7 Å². The maximum absolute atomic E-state index is 9.34. The molecule has 0 amide bonds. The van der Waals surface area contributed by atoms with Crippen LogP contribution in [-0.4, -0.2) is 29.4 Å². The molecule has 0 spiro atoms. The third-order valence-electron chi connectivity index (χ3n) is 3.06. The van der Waals surface area contributed by atoms with Crippen LogP contribution in [0.4, 0.5) is 5.69 Å². The largest absolute Gasteiger partial charge is 0.394 e. The Labute approximate surface area is 97.3 Å². The zero-order valence-electron chi connectivity index (χ0n) is 10.5. The average molecular weight is 223 g/mol. The molecule has 0 saturated carbocycles. The van der Waals surface area contributed by atoms with Gasteiger partial charge in [-0.3, -0.25) is 0 Å². The van der Waals surface area contributed by atoms with E-state index in [1.54, 1.807) is 0 Å². The zero-order chi connectivity index (χ0) is 12.3. The molecule has 0 radical (unpaired) electrons. The number of likely N-dealkylation sites (N-methyl/N-ethyl adjacent to an activating group) is 1. The lowest BCUT2D eigenvalue weighted by Gasteiger charge is -2.37. The van der Waals surface area contributed by atoms with Crippen LogP contribution in [0.5, 0.6) is 0 Å². The molecule has 0 aliphatic heterocycles. The minimum Gasteiger partial charge on any atom is -0.394 e. The SMILES string of the molecule is Cc1ccc(N(C)C(C)(C)CO)c(CO)c1. The Hall–Kier alpha value is -1.06. The van der Waals surface area contributed by atoms with Crippen molar-refractivity contribution in [2.24, 2.45) is 0 Å². The molecule has 1 aromatic rings. The van der Waals surface area contributed by atoms with Gasteiger partial charge in [-0.15, -0.1) is 0 Å².